The smallest absolute Gasteiger partial charge is 0.313 e. The van der Waals surface area contributed by atoms with Crippen LogP contribution in [0.3, 0.4) is 0 Å². The predicted molar refractivity (Wildman–Crippen MR) is 73.0 cm³/mol. The first kappa shape index (κ1) is 17.6. The summed E-state index contributed by atoms with van der Waals surface area (Å²) < 4.78 is 42.9. The Morgan fingerprint density at radius 3 is 2.45 bits per heavy atom. The molecule has 22 heavy (non-hydrogen) atoms. The number of rotatable bonds is 6. The van der Waals surface area contributed by atoms with Gasteiger partial charge in [-0.3, -0.25) is 13.8 Å². The van der Waals surface area contributed by atoms with Crippen molar-refractivity contribution in [3.8, 4) is 0 Å². The fraction of sp³-hybridized carbons (Fsp3) is 0.917. The number of nitrogens with zero attached hydrogens (tertiary/aromatic N) is 1. The lowest BCUT2D eigenvalue weighted by atomic mass is 9.90. The van der Waals surface area contributed by atoms with E-state index in [4.69, 9.17) is 23.2 Å². The van der Waals surface area contributed by atoms with E-state index < -0.39 is 39.9 Å². The Morgan fingerprint density at radius 1 is 1.32 bits per heavy atom. The number of esters is 1. The first-order valence-electron chi connectivity index (χ1n) is 6.74. The number of carbonyl (C=O) groups is 1. The fourth-order valence-electron chi connectivity index (χ4n) is 3.06. The molecule has 2 aliphatic rings. The molecule has 0 N–H and O–H groups in total. The molecule has 0 aromatic heterocycles. The van der Waals surface area contributed by atoms with E-state index in [1.807, 2.05) is 0 Å². The minimum absolute atomic E-state index is 0.283. The zero-order valence-corrected chi connectivity index (χ0v) is 13.8. The van der Waals surface area contributed by atoms with Gasteiger partial charge in [0.15, 0.2) is 5.79 Å². The summed E-state index contributed by atoms with van der Waals surface area (Å²) in [5.41, 5.74) is 0. The lowest BCUT2D eigenvalue weighted by molar-refractivity contribution is -0.238. The van der Waals surface area contributed by atoms with E-state index in [9.17, 15) is 13.2 Å². The van der Waals surface area contributed by atoms with E-state index in [0.717, 1.165) is 6.26 Å². The Hall–Kier alpha value is -0.780. The van der Waals surface area contributed by atoms with Gasteiger partial charge in [0.2, 0.25) is 0 Å². The molecule has 0 radical (unpaired) electrons. The van der Waals surface area contributed by atoms with Crippen LogP contribution in [0.1, 0.15) is 6.42 Å². The second-order valence-electron chi connectivity index (χ2n) is 5.24. The van der Waals surface area contributed by atoms with Gasteiger partial charge in [0, 0.05) is 27.2 Å². The molecular weight excluding hydrogens is 318 g/mol. The maximum atomic E-state index is 12.2. The molecule has 0 amide bonds. The standard InChI is InChI=1S/C12H21NO8S/c1-17-11(14)9-8(7-20-22(4,15)16)21-13-6-5-12(18-2,19-3)10(9)13/h8-10H,5-7H2,1-4H3. The van der Waals surface area contributed by atoms with Crippen LogP contribution in [0.2, 0.25) is 0 Å². The van der Waals surface area contributed by atoms with Gasteiger partial charge in [-0.15, -0.1) is 0 Å². The first-order chi connectivity index (χ1) is 10.3. The van der Waals surface area contributed by atoms with E-state index in [1.54, 1.807) is 5.06 Å². The summed E-state index contributed by atoms with van der Waals surface area (Å²) >= 11 is 0. The van der Waals surface area contributed by atoms with Crippen LogP contribution in [-0.4, -0.2) is 78.1 Å². The molecule has 2 rings (SSSR count). The van der Waals surface area contributed by atoms with Gasteiger partial charge < -0.3 is 14.2 Å². The average Bonchev–Trinajstić information content (AvgIpc) is 3.00. The highest BCUT2D eigenvalue weighted by molar-refractivity contribution is 7.85. The van der Waals surface area contributed by atoms with Gasteiger partial charge in [0.1, 0.15) is 18.1 Å². The van der Waals surface area contributed by atoms with Crippen molar-refractivity contribution < 1.29 is 36.4 Å². The number of ether oxygens (including phenoxy) is 3. The van der Waals surface area contributed by atoms with E-state index in [-0.39, 0.29) is 6.61 Å². The van der Waals surface area contributed by atoms with Crippen LogP contribution in [0.15, 0.2) is 0 Å². The first-order valence-corrected chi connectivity index (χ1v) is 8.55. The molecule has 0 aromatic rings. The normalized spacial score (nSPS) is 31.2. The summed E-state index contributed by atoms with van der Waals surface area (Å²) in [4.78, 5) is 17.8. The second kappa shape index (κ2) is 6.38. The van der Waals surface area contributed by atoms with Crippen molar-refractivity contribution in [1.29, 1.82) is 0 Å². The highest BCUT2D eigenvalue weighted by Gasteiger charge is 2.62. The molecule has 2 fully saturated rings. The maximum Gasteiger partial charge on any atom is 0.313 e. The lowest BCUT2D eigenvalue weighted by Crippen LogP contribution is -2.51. The fourth-order valence-corrected chi connectivity index (χ4v) is 3.44. The summed E-state index contributed by atoms with van der Waals surface area (Å²) in [6.07, 6.45) is 0.653. The van der Waals surface area contributed by atoms with E-state index in [0.29, 0.717) is 13.0 Å². The van der Waals surface area contributed by atoms with Crippen LogP contribution < -0.4 is 0 Å². The summed E-state index contributed by atoms with van der Waals surface area (Å²) in [6.45, 7) is 0.199. The van der Waals surface area contributed by atoms with Gasteiger partial charge in [0.05, 0.1) is 20.0 Å². The summed E-state index contributed by atoms with van der Waals surface area (Å²) in [6, 6.07) is -0.539. The molecule has 2 heterocycles. The van der Waals surface area contributed by atoms with Crippen LogP contribution in [0.4, 0.5) is 0 Å². The number of hydrogen-bond donors (Lipinski definition) is 0. The number of carbonyl (C=O) groups excluding carboxylic acids is 1. The van der Waals surface area contributed by atoms with Crippen molar-refractivity contribution >= 4 is 16.1 Å². The SMILES string of the molecule is COC(=O)C1C(COS(C)(=O)=O)ON2CCC(OC)(OC)C12. The van der Waals surface area contributed by atoms with Crippen LogP contribution in [0.25, 0.3) is 0 Å². The molecule has 0 aromatic carbocycles. The highest BCUT2D eigenvalue weighted by Crippen LogP contribution is 2.44. The van der Waals surface area contributed by atoms with Crippen LogP contribution in [0.5, 0.6) is 0 Å². The van der Waals surface area contributed by atoms with E-state index in [1.165, 1.54) is 21.3 Å². The molecule has 2 saturated heterocycles. The molecular formula is C12H21NO8S. The van der Waals surface area contributed by atoms with Crippen molar-refractivity contribution in [3.63, 3.8) is 0 Å². The van der Waals surface area contributed by atoms with Crippen LogP contribution >= 0.6 is 0 Å². The van der Waals surface area contributed by atoms with Crippen molar-refractivity contribution in [2.45, 2.75) is 24.4 Å². The van der Waals surface area contributed by atoms with Crippen molar-refractivity contribution in [1.82, 2.24) is 5.06 Å². The molecule has 3 unspecified atom stereocenters. The van der Waals surface area contributed by atoms with Gasteiger partial charge >= 0.3 is 5.97 Å². The highest BCUT2D eigenvalue weighted by atomic mass is 32.2. The summed E-state index contributed by atoms with van der Waals surface area (Å²) in [7, 11) is 0.591. The van der Waals surface area contributed by atoms with Gasteiger partial charge in [-0.1, -0.05) is 0 Å². The third kappa shape index (κ3) is 3.12. The van der Waals surface area contributed by atoms with Crippen LogP contribution in [-0.2, 0) is 38.1 Å². The molecule has 3 atom stereocenters. The van der Waals surface area contributed by atoms with Gasteiger partial charge in [-0.05, 0) is 0 Å². The van der Waals surface area contributed by atoms with Crippen LogP contribution in [0, 0.1) is 5.92 Å². The number of hydroxylamine groups is 2. The maximum absolute atomic E-state index is 12.2. The minimum Gasteiger partial charge on any atom is -0.469 e. The van der Waals surface area contributed by atoms with Gasteiger partial charge in [-0.2, -0.15) is 13.5 Å². The third-order valence-electron chi connectivity index (χ3n) is 4.06. The molecule has 10 heteroatoms. The molecule has 9 nitrogen and oxygen atoms in total. The molecule has 0 bridgehead atoms. The molecule has 0 aliphatic carbocycles. The zero-order chi connectivity index (χ0) is 16.5. The quantitative estimate of drug-likeness (QED) is 0.347. The lowest BCUT2D eigenvalue weighted by Gasteiger charge is -2.33. The van der Waals surface area contributed by atoms with Crippen molar-refractivity contribution in [2.24, 2.45) is 5.92 Å². The van der Waals surface area contributed by atoms with Crippen molar-refractivity contribution in [2.75, 3.05) is 40.7 Å². The Bertz CT molecular complexity index is 517. The largest absolute Gasteiger partial charge is 0.469 e. The number of hydrogen-bond acceptors (Lipinski definition) is 9. The molecule has 0 spiro atoms. The minimum atomic E-state index is -3.64. The van der Waals surface area contributed by atoms with E-state index in [2.05, 4.69) is 0 Å². The van der Waals surface area contributed by atoms with Gasteiger partial charge in [0.25, 0.3) is 10.1 Å². The summed E-state index contributed by atoms with van der Waals surface area (Å²) in [5.74, 6) is -2.33. The second-order valence-corrected chi connectivity index (χ2v) is 6.88. The Labute approximate surface area is 129 Å². The van der Waals surface area contributed by atoms with Crippen molar-refractivity contribution in [3.05, 3.63) is 0 Å². The van der Waals surface area contributed by atoms with Gasteiger partial charge in [-0.25, -0.2) is 0 Å². The monoisotopic (exact) mass is 339 g/mol. The number of methoxy groups -OCH3 is 3. The summed E-state index contributed by atoms with van der Waals surface area (Å²) in [5, 5.41) is 1.57. The molecule has 2 aliphatic heterocycles. The average molecular weight is 339 g/mol. The third-order valence-corrected chi connectivity index (χ3v) is 4.63. The Morgan fingerprint density at radius 2 is 1.95 bits per heavy atom. The predicted octanol–water partition coefficient (Wildman–Crippen LogP) is -0.871. The van der Waals surface area contributed by atoms with E-state index >= 15 is 0 Å². The molecule has 128 valence electrons. The number of fused-ring (bicyclic) bond motifs is 1. The Balaban J connectivity index is 2.26. The Kier molecular flexibility index (Phi) is 5.09. The zero-order valence-electron chi connectivity index (χ0n) is 13.0. The topological polar surface area (TPSA) is 101 Å². The molecule has 0 saturated carbocycles.